The number of nitrogens with zero attached hydrogens (tertiary/aromatic N) is 4. The highest BCUT2D eigenvalue weighted by atomic mass is 16.3. The summed E-state index contributed by atoms with van der Waals surface area (Å²) in [5, 5.41) is 15.0. The van der Waals surface area contributed by atoms with Gasteiger partial charge in [-0.15, -0.1) is 0 Å². The molecule has 0 radical (unpaired) electrons. The lowest BCUT2D eigenvalue weighted by molar-refractivity contribution is 0.114. The molecule has 6 heteroatoms. The zero-order valence-electron chi connectivity index (χ0n) is 23.8. The van der Waals surface area contributed by atoms with Crippen LogP contribution in [0.25, 0.3) is 10.9 Å². The smallest absolute Gasteiger partial charge is 0.115 e. The third-order valence-electron chi connectivity index (χ3n) is 8.82. The third kappa shape index (κ3) is 5.40. The average molecular weight is 516 g/mol. The van der Waals surface area contributed by atoms with Crippen LogP contribution >= 0.6 is 0 Å². The van der Waals surface area contributed by atoms with Crippen molar-refractivity contribution < 1.29 is 5.11 Å². The molecular formula is C32H45N5O. The van der Waals surface area contributed by atoms with Crippen LogP contribution in [-0.4, -0.2) is 72.2 Å². The number of piperazine rings is 1. The van der Waals surface area contributed by atoms with E-state index >= 15 is 0 Å². The Morgan fingerprint density at radius 3 is 2.42 bits per heavy atom. The Morgan fingerprint density at radius 2 is 1.76 bits per heavy atom. The summed E-state index contributed by atoms with van der Waals surface area (Å²) in [7, 11) is 4.32. The Hall–Kier alpha value is -2.67. The number of benzene rings is 2. The number of phenols is 1. The molecule has 6 nitrogen and oxygen atoms in total. The summed E-state index contributed by atoms with van der Waals surface area (Å²) >= 11 is 0. The van der Waals surface area contributed by atoms with Gasteiger partial charge in [-0.25, -0.2) is 0 Å². The minimum atomic E-state index is -0.0597. The molecule has 2 saturated heterocycles. The van der Waals surface area contributed by atoms with Gasteiger partial charge in [-0.1, -0.05) is 31.5 Å². The molecular weight excluding hydrogens is 470 g/mol. The Morgan fingerprint density at radius 1 is 1.03 bits per heavy atom. The molecule has 204 valence electrons. The minimum Gasteiger partial charge on any atom is -0.508 e. The van der Waals surface area contributed by atoms with E-state index in [1.807, 2.05) is 12.1 Å². The van der Waals surface area contributed by atoms with E-state index in [4.69, 9.17) is 4.98 Å². The molecule has 3 atom stereocenters. The zero-order valence-corrected chi connectivity index (χ0v) is 23.8. The number of piperidine rings is 1. The lowest BCUT2D eigenvalue weighted by atomic mass is 9.79. The number of nitrogens with one attached hydrogen (secondary N) is 1. The molecule has 2 aliphatic heterocycles. The summed E-state index contributed by atoms with van der Waals surface area (Å²) in [6.07, 6.45) is 4.32. The summed E-state index contributed by atoms with van der Waals surface area (Å²) in [5.41, 5.74) is 4.70. The standard InChI is InChI=1S/C32H45N5O/c1-6-8-31(37-21-23(2)33-24(3)22-37)30-13-11-25-19-27(12-14-29(25)34-30)36-17-15-32(16-18-36,35(4)5)26-9-7-10-28(38)20-26/h7,9-14,19-20,23-24,31,33,38H,6,8,15-18,21-22H2,1-5H3. The van der Waals surface area contributed by atoms with E-state index in [0.29, 0.717) is 23.9 Å². The number of pyridine rings is 1. The van der Waals surface area contributed by atoms with Gasteiger partial charge >= 0.3 is 0 Å². The molecule has 1 aromatic heterocycles. The van der Waals surface area contributed by atoms with Crippen LogP contribution in [0.1, 0.15) is 63.8 Å². The molecule has 2 aliphatic rings. The van der Waals surface area contributed by atoms with E-state index < -0.39 is 0 Å². The van der Waals surface area contributed by atoms with Crippen LogP contribution < -0.4 is 10.2 Å². The van der Waals surface area contributed by atoms with Gasteiger partial charge in [-0.2, -0.15) is 0 Å². The number of hydrogen-bond donors (Lipinski definition) is 2. The van der Waals surface area contributed by atoms with E-state index in [1.165, 1.54) is 22.3 Å². The van der Waals surface area contributed by atoms with Crippen molar-refractivity contribution in [3.63, 3.8) is 0 Å². The molecule has 0 aliphatic carbocycles. The summed E-state index contributed by atoms with van der Waals surface area (Å²) < 4.78 is 0. The zero-order chi connectivity index (χ0) is 26.9. The first-order valence-corrected chi connectivity index (χ1v) is 14.4. The van der Waals surface area contributed by atoms with Crippen molar-refractivity contribution in [2.45, 2.75) is 70.1 Å². The van der Waals surface area contributed by atoms with Crippen LogP contribution in [0.5, 0.6) is 5.75 Å². The summed E-state index contributed by atoms with van der Waals surface area (Å²) in [6, 6.07) is 20.5. The molecule has 0 amide bonds. The van der Waals surface area contributed by atoms with E-state index in [0.717, 1.165) is 57.4 Å². The van der Waals surface area contributed by atoms with E-state index in [2.05, 4.69) is 91.3 Å². The second kappa shape index (κ2) is 11.2. The van der Waals surface area contributed by atoms with E-state index in [-0.39, 0.29) is 5.54 Å². The minimum absolute atomic E-state index is 0.0597. The van der Waals surface area contributed by atoms with Crippen LogP contribution in [0.3, 0.4) is 0 Å². The van der Waals surface area contributed by atoms with Gasteiger partial charge in [0.05, 0.1) is 17.3 Å². The van der Waals surface area contributed by atoms with Gasteiger partial charge in [0.25, 0.3) is 0 Å². The molecule has 2 N–H and O–H groups in total. The fourth-order valence-corrected chi connectivity index (χ4v) is 6.85. The molecule has 5 rings (SSSR count). The van der Waals surface area contributed by atoms with Crippen molar-refractivity contribution in [3.05, 3.63) is 65.9 Å². The molecule has 3 unspecified atom stereocenters. The van der Waals surface area contributed by atoms with Crippen LogP contribution in [0.4, 0.5) is 5.69 Å². The topological polar surface area (TPSA) is 54.9 Å². The monoisotopic (exact) mass is 515 g/mol. The first-order chi connectivity index (χ1) is 18.3. The van der Waals surface area contributed by atoms with Crippen molar-refractivity contribution in [2.24, 2.45) is 0 Å². The summed E-state index contributed by atoms with van der Waals surface area (Å²) in [4.78, 5) is 12.7. The lowest BCUT2D eigenvalue weighted by Gasteiger charge is -2.47. The molecule has 0 spiro atoms. The fraction of sp³-hybridized carbons (Fsp3) is 0.531. The second-order valence-corrected chi connectivity index (χ2v) is 11.8. The Kier molecular flexibility index (Phi) is 7.94. The van der Waals surface area contributed by atoms with Gasteiger partial charge in [-0.3, -0.25) is 14.8 Å². The largest absolute Gasteiger partial charge is 0.508 e. The number of rotatable bonds is 7. The molecule has 0 bridgehead atoms. The number of anilines is 1. The number of aromatic nitrogens is 1. The Bertz CT molecular complexity index is 1230. The molecule has 2 fully saturated rings. The fourth-order valence-electron chi connectivity index (χ4n) is 6.85. The highest BCUT2D eigenvalue weighted by Crippen LogP contribution is 2.40. The van der Waals surface area contributed by atoms with Crippen LogP contribution in [0.2, 0.25) is 0 Å². The first kappa shape index (κ1) is 26.9. The summed E-state index contributed by atoms with van der Waals surface area (Å²) in [5.74, 6) is 0.342. The quantitative estimate of drug-likeness (QED) is 0.432. The van der Waals surface area contributed by atoms with Gasteiger partial charge in [0.15, 0.2) is 0 Å². The van der Waals surface area contributed by atoms with Crippen molar-refractivity contribution in [1.29, 1.82) is 0 Å². The maximum Gasteiger partial charge on any atom is 0.115 e. The maximum atomic E-state index is 10.1. The Balaban J connectivity index is 1.34. The third-order valence-corrected chi connectivity index (χ3v) is 8.82. The number of aromatic hydroxyl groups is 1. The van der Waals surface area contributed by atoms with Gasteiger partial charge in [0, 0.05) is 54.9 Å². The molecule has 38 heavy (non-hydrogen) atoms. The molecule has 2 aromatic carbocycles. The first-order valence-electron chi connectivity index (χ1n) is 14.4. The lowest BCUT2D eigenvalue weighted by Crippen LogP contribution is -2.55. The van der Waals surface area contributed by atoms with E-state index in [1.54, 1.807) is 6.07 Å². The van der Waals surface area contributed by atoms with Gasteiger partial charge in [0.2, 0.25) is 0 Å². The number of fused-ring (bicyclic) bond motifs is 1. The highest BCUT2D eigenvalue weighted by Gasteiger charge is 2.38. The molecule has 0 saturated carbocycles. The normalized spacial score (nSPS) is 23.2. The Labute approximate surface area is 228 Å². The van der Waals surface area contributed by atoms with Crippen LogP contribution in [0.15, 0.2) is 54.6 Å². The van der Waals surface area contributed by atoms with Crippen LogP contribution in [0, 0.1) is 0 Å². The second-order valence-electron chi connectivity index (χ2n) is 11.8. The highest BCUT2D eigenvalue weighted by molar-refractivity contribution is 5.83. The molecule has 3 aromatic rings. The van der Waals surface area contributed by atoms with Crippen molar-refractivity contribution in [3.8, 4) is 5.75 Å². The van der Waals surface area contributed by atoms with E-state index in [9.17, 15) is 5.11 Å². The van der Waals surface area contributed by atoms with Gasteiger partial charge in [0.1, 0.15) is 5.75 Å². The predicted octanol–water partition coefficient (Wildman–Crippen LogP) is 5.52. The average Bonchev–Trinajstić information content (AvgIpc) is 2.90. The van der Waals surface area contributed by atoms with Crippen molar-refractivity contribution in [1.82, 2.24) is 20.1 Å². The summed E-state index contributed by atoms with van der Waals surface area (Å²) in [6.45, 7) is 10.9. The van der Waals surface area contributed by atoms with Crippen molar-refractivity contribution >= 4 is 16.6 Å². The van der Waals surface area contributed by atoms with Crippen LogP contribution in [-0.2, 0) is 5.54 Å². The van der Waals surface area contributed by atoms with Gasteiger partial charge in [-0.05, 0) is 89.2 Å². The van der Waals surface area contributed by atoms with Gasteiger partial charge < -0.3 is 15.3 Å². The van der Waals surface area contributed by atoms with Crippen molar-refractivity contribution in [2.75, 3.05) is 45.2 Å². The maximum absolute atomic E-state index is 10.1. The number of phenolic OH excluding ortho intramolecular Hbond substituents is 1. The predicted molar refractivity (Wildman–Crippen MR) is 158 cm³/mol. The molecule has 3 heterocycles. The SMILES string of the molecule is CCCC(c1ccc2cc(N3CCC(c4cccc(O)c4)(N(C)C)CC3)ccc2n1)N1CC(C)NC(C)C1. The number of hydrogen-bond acceptors (Lipinski definition) is 6.